The second-order valence-electron chi connectivity index (χ2n) is 14.0. The Morgan fingerprint density at radius 2 is 1.71 bits per heavy atom. The molecule has 1 saturated carbocycles. The van der Waals surface area contributed by atoms with Crippen molar-refractivity contribution in [2.45, 2.75) is 108 Å². The highest BCUT2D eigenvalue weighted by Crippen LogP contribution is 2.33. The van der Waals surface area contributed by atoms with Gasteiger partial charge in [-0.25, -0.2) is 9.48 Å². The molecule has 1 aliphatic heterocycles. The number of hydrogen-bond donors (Lipinski definition) is 6. The van der Waals surface area contributed by atoms with Crippen LogP contribution in [0.4, 0.5) is 4.79 Å². The van der Waals surface area contributed by atoms with Crippen molar-refractivity contribution >= 4 is 35.5 Å². The van der Waals surface area contributed by atoms with Crippen LogP contribution in [0.25, 0.3) is 0 Å². The van der Waals surface area contributed by atoms with Crippen LogP contribution in [0, 0.1) is 5.92 Å². The van der Waals surface area contributed by atoms with Gasteiger partial charge < -0.3 is 41.5 Å². The number of Topliss-reactive ketones (excluding diaryl/α,β-unsaturated/α-hetero) is 1. The summed E-state index contributed by atoms with van der Waals surface area (Å²) in [5.74, 6) is -3.26. The van der Waals surface area contributed by atoms with E-state index in [1.807, 2.05) is 0 Å². The van der Waals surface area contributed by atoms with Crippen molar-refractivity contribution in [3.8, 4) is 5.75 Å². The Labute approximate surface area is 302 Å². The van der Waals surface area contributed by atoms with Gasteiger partial charge in [-0.3, -0.25) is 24.0 Å². The molecule has 7 N–H and O–H groups in total. The van der Waals surface area contributed by atoms with Crippen molar-refractivity contribution in [1.82, 2.24) is 35.8 Å². The van der Waals surface area contributed by atoms with Crippen molar-refractivity contribution in [1.29, 1.82) is 0 Å². The van der Waals surface area contributed by atoms with Gasteiger partial charge in [0, 0.05) is 25.1 Å². The Bertz CT molecular complexity index is 1580. The highest BCUT2D eigenvalue weighted by molar-refractivity contribution is 6.37. The summed E-state index contributed by atoms with van der Waals surface area (Å²) in [6, 6.07) is 2.36. The van der Waals surface area contributed by atoms with Gasteiger partial charge in [0.15, 0.2) is 0 Å². The average molecular weight is 727 g/mol. The minimum absolute atomic E-state index is 0.00689. The van der Waals surface area contributed by atoms with Crippen LogP contribution < -0.4 is 26.4 Å². The van der Waals surface area contributed by atoms with E-state index in [1.54, 1.807) is 38.1 Å². The monoisotopic (exact) mass is 726 g/mol. The molecule has 2 fully saturated rings. The number of carbonyl (C=O) groups excluding carboxylic acids is 5. The van der Waals surface area contributed by atoms with Gasteiger partial charge in [-0.05, 0) is 69.7 Å². The number of ketones is 1. The van der Waals surface area contributed by atoms with Gasteiger partial charge in [0.1, 0.15) is 23.4 Å². The number of unbranched alkanes of at least 4 members (excludes halogenated alkanes) is 1. The van der Waals surface area contributed by atoms with Gasteiger partial charge in [0.05, 0.1) is 31.1 Å². The zero-order valence-electron chi connectivity index (χ0n) is 29.9. The molecule has 0 bridgehead atoms. The molecule has 17 heteroatoms. The third-order valence-corrected chi connectivity index (χ3v) is 9.73. The number of rotatable bonds is 17. The maximum atomic E-state index is 14.6. The number of likely N-dealkylation sites (tertiary alicyclic amines) is 1. The van der Waals surface area contributed by atoms with Crippen molar-refractivity contribution < 1.29 is 43.7 Å². The normalized spacial score (nSPS) is 19.0. The molecule has 0 radical (unpaired) electrons. The van der Waals surface area contributed by atoms with Crippen LogP contribution in [0.2, 0.25) is 0 Å². The number of amides is 5. The smallest absolute Gasteiger partial charge is 0.404 e. The van der Waals surface area contributed by atoms with E-state index in [9.17, 15) is 33.9 Å². The van der Waals surface area contributed by atoms with E-state index in [0.29, 0.717) is 29.8 Å². The lowest BCUT2D eigenvalue weighted by molar-refractivity contribution is -0.142. The fourth-order valence-electron chi connectivity index (χ4n) is 6.97. The molecule has 52 heavy (non-hydrogen) atoms. The van der Waals surface area contributed by atoms with E-state index in [1.165, 1.54) is 22.9 Å². The zero-order valence-corrected chi connectivity index (χ0v) is 29.9. The topological polar surface area (TPSA) is 248 Å². The van der Waals surface area contributed by atoms with Crippen LogP contribution in [0.15, 0.2) is 30.5 Å². The Morgan fingerprint density at radius 1 is 1.02 bits per heavy atom. The SMILES string of the molecule is COc1ccc(C(=O)NC(CC2CCCCC2)C(=O)N2C[C@@H](n3nncc3C(C)(C)O)C[C@H]2C(=O)NC(CCCCNC(=O)O)C(=O)C(N)=O)cc1. The van der Waals surface area contributed by atoms with E-state index < -0.39 is 65.3 Å². The summed E-state index contributed by atoms with van der Waals surface area (Å²) in [6.45, 7) is 3.19. The Balaban J connectivity index is 1.64. The largest absolute Gasteiger partial charge is 0.497 e. The van der Waals surface area contributed by atoms with Crippen LogP contribution in [0.3, 0.4) is 0 Å². The van der Waals surface area contributed by atoms with Gasteiger partial charge in [0.25, 0.3) is 11.8 Å². The number of nitrogens with zero attached hydrogens (tertiary/aromatic N) is 4. The maximum absolute atomic E-state index is 14.6. The number of methoxy groups -OCH3 is 1. The molecule has 4 rings (SSSR count). The fraction of sp³-hybridized carbons (Fsp3) is 0.600. The highest BCUT2D eigenvalue weighted by atomic mass is 16.5. The third kappa shape index (κ3) is 10.5. The highest BCUT2D eigenvalue weighted by Gasteiger charge is 2.45. The van der Waals surface area contributed by atoms with E-state index in [0.717, 1.165) is 32.1 Å². The molecule has 5 amide bonds. The molecule has 2 aromatic rings. The quantitative estimate of drug-likeness (QED) is 0.100. The lowest BCUT2D eigenvalue weighted by atomic mass is 9.84. The van der Waals surface area contributed by atoms with Crippen LogP contribution in [-0.2, 0) is 24.8 Å². The second kappa shape index (κ2) is 17.9. The summed E-state index contributed by atoms with van der Waals surface area (Å²) in [5.41, 5.74) is 4.63. The van der Waals surface area contributed by atoms with Gasteiger partial charge in [0.2, 0.25) is 17.6 Å². The zero-order chi connectivity index (χ0) is 38.0. The summed E-state index contributed by atoms with van der Waals surface area (Å²) < 4.78 is 6.68. The number of aromatic nitrogens is 3. The van der Waals surface area contributed by atoms with Gasteiger partial charge >= 0.3 is 6.09 Å². The molecular formula is C35H50N8O9. The summed E-state index contributed by atoms with van der Waals surface area (Å²) in [5, 5.41) is 35.6. The van der Waals surface area contributed by atoms with Crippen molar-refractivity contribution in [2.75, 3.05) is 20.2 Å². The number of nitrogens with one attached hydrogen (secondary N) is 3. The van der Waals surface area contributed by atoms with Gasteiger partial charge in [-0.1, -0.05) is 37.3 Å². The van der Waals surface area contributed by atoms with Crippen molar-refractivity contribution in [3.05, 3.63) is 41.7 Å². The van der Waals surface area contributed by atoms with E-state index >= 15 is 0 Å². The lowest BCUT2D eigenvalue weighted by Crippen LogP contribution is -2.56. The molecule has 0 spiro atoms. The van der Waals surface area contributed by atoms with Crippen LogP contribution in [0.5, 0.6) is 5.75 Å². The van der Waals surface area contributed by atoms with Crippen LogP contribution in [0.1, 0.15) is 100 Å². The molecule has 284 valence electrons. The number of hydrogen-bond acceptors (Lipinski definition) is 10. The lowest BCUT2D eigenvalue weighted by Gasteiger charge is -2.32. The Kier molecular flexibility index (Phi) is 13.7. The molecule has 1 saturated heterocycles. The molecule has 4 atom stereocenters. The third-order valence-electron chi connectivity index (χ3n) is 9.73. The molecule has 1 aliphatic carbocycles. The first-order chi connectivity index (χ1) is 24.7. The molecule has 1 aromatic heterocycles. The number of nitrogens with two attached hydrogens (primary N) is 1. The van der Waals surface area contributed by atoms with Crippen molar-refractivity contribution in [2.24, 2.45) is 11.7 Å². The number of benzene rings is 1. The predicted octanol–water partition coefficient (Wildman–Crippen LogP) is 1.40. The Hall–Kier alpha value is -5.06. The summed E-state index contributed by atoms with van der Waals surface area (Å²) >= 11 is 0. The predicted molar refractivity (Wildman–Crippen MR) is 186 cm³/mol. The average Bonchev–Trinajstić information content (AvgIpc) is 3.79. The first-order valence-electron chi connectivity index (χ1n) is 17.7. The fourth-order valence-corrected chi connectivity index (χ4v) is 6.97. The van der Waals surface area contributed by atoms with E-state index in [-0.39, 0.29) is 38.3 Å². The molecule has 2 unspecified atom stereocenters. The van der Waals surface area contributed by atoms with Gasteiger partial charge in [-0.15, -0.1) is 5.10 Å². The molecule has 2 aliphatic rings. The number of carbonyl (C=O) groups is 6. The summed E-state index contributed by atoms with van der Waals surface area (Å²) in [6.07, 6.45) is 6.03. The first-order valence-corrected chi connectivity index (χ1v) is 17.7. The number of carboxylic acid groups (broad SMARTS) is 1. The molecule has 17 nitrogen and oxygen atoms in total. The molecule has 2 heterocycles. The molecular weight excluding hydrogens is 676 g/mol. The Morgan fingerprint density at radius 3 is 2.33 bits per heavy atom. The maximum Gasteiger partial charge on any atom is 0.404 e. The molecule has 1 aromatic carbocycles. The number of ether oxygens (including phenoxy) is 1. The standard InChI is InChI=1S/C35H50N8O9/c1-35(2,51)28-19-38-41-43(28)23-18-27(32(47)39-25(29(44)30(36)45)11-7-8-16-37-34(49)50)42(20-23)33(48)26(17-21-9-5-4-6-10-21)40-31(46)22-12-14-24(52-3)15-13-22/h12-15,19,21,23,25-27,37,51H,4-11,16-18,20H2,1-3H3,(H2,36,45)(H,39,47)(H,40,46)(H,49,50)/t23-,25?,26?,27-/m0/s1. The minimum Gasteiger partial charge on any atom is -0.497 e. The van der Waals surface area contributed by atoms with Crippen LogP contribution in [-0.4, -0.2) is 104 Å². The summed E-state index contributed by atoms with van der Waals surface area (Å²) in [4.78, 5) is 79.2. The first kappa shape index (κ1) is 39.7. The van der Waals surface area contributed by atoms with Crippen LogP contribution >= 0.6 is 0 Å². The van der Waals surface area contributed by atoms with E-state index in [4.69, 9.17) is 15.6 Å². The summed E-state index contributed by atoms with van der Waals surface area (Å²) in [7, 11) is 1.51. The van der Waals surface area contributed by atoms with E-state index in [2.05, 4.69) is 26.3 Å². The number of aliphatic hydroxyl groups is 1. The second-order valence-corrected chi connectivity index (χ2v) is 14.0. The van der Waals surface area contributed by atoms with Crippen molar-refractivity contribution in [3.63, 3.8) is 0 Å². The number of primary amides is 1. The van der Waals surface area contributed by atoms with Gasteiger partial charge in [-0.2, -0.15) is 0 Å². The minimum atomic E-state index is -1.36.